The number of nitro benzene ring substituents is 1. The van der Waals surface area contributed by atoms with Gasteiger partial charge in [-0.2, -0.15) is 0 Å². The van der Waals surface area contributed by atoms with Crippen molar-refractivity contribution in [3.63, 3.8) is 0 Å². The van der Waals surface area contributed by atoms with Crippen LogP contribution in [-0.2, 0) is 4.79 Å². The van der Waals surface area contributed by atoms with Gasteiger partial charge in [-0.25, -0.2) is 5.48 Å². The Morgan fingerprint density at radius 3 is 2.73 bits per heavy atom. The van der Waals surface area contributed by atoms with E-state index in [1.807, 2.05) is 0 Å². The van der Waals surface area contributed by atoms with Crippen molar-refractivity contribution in [1.82, 2.24) is 5.48 Å². The summed E-state index contributed by atoms with van der Waals surface area (Å²) in [6.07, 6.45) is 2.26. The number of rotatable bonds is 3. The van der Waals surface area contributed by atoms with Crippen LogP contribution in [-0.4, -0.2) is 16.0 Å². The largest absolute Gasteiger partial charge is 0.288 e. The third-order valence-electron chi connectivity index (χ3n) is 1.66. The molecule has 6 heteroatoms. The molecule has 0 aliphatic heterocycles. The van der Waals surface area contributed by atoms with Crippen LogP contribution in [0.3, 0.4) is 0 Å². The summed E-state index contributed by atoms with van der Waals surface area (Å²) in [6.45, 7) is 0. The maximum atomic E-state index is 10.6. The van der Waals surface area contributed by atoms with Crippen molar-refractivity contribution in [2.75, 3.05) is 0 Å². The highest BCUT2D eigenvalue weighted by molar-refractivity contribution is 5.91. The molecule has 0 heterocycles. The quantitative estimate of drug-likeness (QED) is 0.337. The van der Waals surface area contributed by atoms with Crippen molar-refractivity contribution in [1.29, 1.82) is 0 Å². The zero-order chi connectivity index (χ0) is 11.3. The summed E-state index contributed by atoms with van der Waals surface area (Å²) in [4.78, 5) is 20.7. The number of carbonyl (C=O) groups is 1. The van der Waals surface area contributed by atoms with Crippen LogP contribution in [0.1, 0.15) is 5.56 Å². The Bertz CT molecular complexity index is 414. The first-order chi connectivity index (χ1) is 7.15. The van der Waals surface area contributed by atoms with E-state index in [4.69, 9.17) is 5.21 Å². The number of nitro groups is 1. The molecule has 1 amide bonds. The van der Waals surface area contributed by atoms with Gasteiger partial charge in [0.15, 0.2) is 0 Å². The van der Waals surface area contributed by atoms with Crippen LogP contribution in [0.15, 0.2) is 30.3 Å². The van der Waals surface area contributed by atoms with Crippen LogP contribution in [0, 0.1) is 10.1 Å². The van der Waals surface area contributed by atoms with Crippen LogP contribution in [0.4, 0.5) is 5.69 Å². The van der Waals surface area contributed by atoms with Gasteiger partial charge in [-0.05, 0) is 12.1 Å². The lowest BCUT2D eigenvalue weighted by atomic mass is 10.1. The van der Waals surface area contributed by atoms with Gasteiger partial charge in [0.1, 0.15) is 0 Å². The fraction of sp³-hybridized carbons (Fsp3) is 0. The molecule has 0 aliphatic rings. The van der Waals surface area contributed by atoms with Crippen molar-refractivity contribution < 1.29 is 14.9 Å². The van der Waals surface area contributed by atoms with Gasteiger partial charge in [0, 0.05) is 12.1 Å². The Kier molecular flexibility index (Phi) is 3.53. The lowest BCUT2D eigenvalue weighted by molar-refractivity contribution is -0.385. The minimum Gasteiger partial charge on any atom is -0.288 e. The lowest BCUT2D eigenvalue weighted by Crippen LogP contribution is -2.14. The Balaban J connectivity index is 2.99. The van der Waals surface area contributed by atoms with Crippen molar-refractivity contribution in [3.05, 3.63) is 46.0 Å². The molecule has 0 bridgehead atoms. The molecule has 0 fully saturated rings. The number of para-hydroxylation sites is 1. The first-order valence-corrected chi connectivity index (χ1v) is 4.00. The molecule has 6 nitrogen and oxygen atoms in total. The molecular formula is C9H8N2O4. The standard InChI is InChI=1S/C9H8N2O4/c12-9(10-13)6-5-7-3-1-2-4-8(7)11(14)15/h1-6,13H,(H,10,12)/b6-5+. The van der Waals surface area contributed by atoms with Gasteiger partial charge >= 0.3 is 0 Å². The molecule has 1 aromatic carbocycles. The molecule has 2 N–H and O–H groups in total. The molecule has 0 radical (unpaired) electrons. The molecule has 1 rings (SSSR count). The number of hydroxylamine groups is 1. The Labute approximate surface area is 84.9 Å². The summed E-state index contributed by atoms with van der Waals surface area (Å²) < 4.78 is 0. The normalized spacial score (nSPS) is 10.2. The van der Waals surface area contributed by atoms with E-state index in [1.54, 1.807) is 6.07 Å². The fourth-order valence-electron chi connectivity index (χ4n) is 0.997. The van der Waals surface area contributed by atoms with Gasteiger partial charge in [-0.1, -0.05) is 12.1 Å². The van der Waals surface area contributed by atoms with E-state index in [9.17, 15) is 14.9 Å². The molecule has 0 saturated heterocycles. The zero-order valence-corrected chi connectivity index (χ0v) is 7.58. The van der Waals surface area contributed by atoms with Gasteiger partial charge < -0.3 is 0 Å². The second kappa shape index (κ2) is 4.87. The SMILES string of the molecule is O=C(/C=C/c1ccccc1[N+](=O)[O-])NO. The van der Waals surface area contributed by atoms with Crippen LogP contribution in [0.5, 0.6) is 0 Å². The van der Waals surface area contributed by atoms with Crippen molar-refractivity contribution in [2.24, 2.45) is 0 Å². The third-order valence-corrected chi connectivity index (χ3v) is 1.66. The number of nitrogens with zero attached hydrogens (tertiary/aromatic N) is 1. The first-order valence-electron chi connectivity index (χ1n) is 4.00. The van der Waals surface area contributed by atoms with Crippen molar-refractivity contribution in [2.45, 2.75) is 0 Å². The highest BCUT2D eigenvalue weighted by Crippen LogP contribution is 2.18. The van der Waals surface area contributed by atoms with Gasteiger partial charge in [-0.3, -0.25) is 20.1 Å². The summed E-state index contributed by atoms with van der Waals surface area (Å²) in [5, 5.41) is 18.8. The van der Waals surface area contributed by atoms with Gasteiger partial charge in [0.05, 0.1) is 10.5 Å². The van der Waals surface area contributed by atoms with E-state index in [-0.39, 0.29) is 5.69 Å². The Morgan fingerprint density at radius 1 is 1.47 bits per heavy atom. The highest BCUT2D eigenvalue weighted by Gasteiger charge is 2.09. The van der Waals surface area contributed by atoms with E-state index in [0.717, 1.165) is 6.08 Å². The second-order valence-corrected chi connectivity index (χ2v) is 2.63. The number of carbonyl (C=O) groups excluding carboxylic acids is 1. The van der Waals surface area contributed by atoms with E-state index in [0.29, 0.717) is 5.56 Å². The first kappa shape index (κ1) is 10.9. The summed E-state index contributed by atoms with van der Waals surface area (Å²) >= 11 is 0. The molecule has 0 unspecified atom stereocenters. The van der Waals surface area contributed by atoms with E-state index in [2.05, 4.69) is 0 Å². The molecule has 1 aromatic rings. The minimum atomic E-state index is -0.742. The topological polar surface area (TPSA) is 92.5 Å². The number of nitrogens with one attached hydrogen (secondary N) is 1. The molecule has 0 spiro atoms. The summed E-state index contributed by atoms with van der Waals surface area (Å²) in [5.74, 6) is -0.742. The molecule has 0 aliphatic carbocycles. The van der Waals surface area contributed by atoms with Crippen molar-refractivity contribution >= 4 is 17.7 Å². The molecular weight excluding hydrogens is 200 g/mol. The molecule has 0 saturated carbocycles. The number of amides is 1. The maximum absolute atomic E-state index is 10.6. The Hall–Kier alpha value is -2.21. The van der Waals surface area contributed by atoms with E-state index >= 15 is 0 Å². The molecule has 15 heavy (non-hydrogen) atoms. The van der Waals surface area contributed by atoms with Crippen LogP contribution >= 0.6 is 0 Å². The van der Waals surface area contributed by atoms with E-state index < -0.39 is 10.8 Å². The van der Waals surface area contributed by atoms with E-state index in [1.165, 1.54) is 29.8 Å². The Morgan fingerprint density at radius 2 is 2.13 bits per heavy atom. The predicted octanol–water partition coefficient (Wildman–Crippen LogP) is 1.11. The summed E-state index contributed by atoms with van der Waals surface area (Å²) in [6, 6.07) is 5.97. The molecule has 78 valence electrons. The summed E-state index contributed by atoms with van der Waals surface area (Å²) in [5.41, 5.74) is 1.59. The lowest BCUT2D eigenvalue weighted by Gasteiger charge is -1.95. The average Bonchev–Trinajstić information content (AvgIpc) is 2.26. The average molecular weight is 208 g/mol. The maximum Gasteiger partial charge on any atom is 0.276 e. The monoisotopic (exact) mass is 208 g/mol. The zero-order valence-electron chi connectivity index (χ0n) is 7.58. The van der Waals surface area contributed by atoms with Gasteiger partial charge in [0.2, 0.25) is 0 Å². The van der Waals surface area contributed by atoms with Gasteiger partial charge in [0.25, 0.3) is 11.6 Å². The number of hydrogen-bond acceptors (Lipinski definition) is 4. The highest BCUT2D eigenvalue weighted by atomic mass is 16.6. The predicted molar refractivity (Wildman–Crippen MR) is 52.1 cm³/mol. The smallest absolute Gasteiger partial charge is 0.276 e. The number of benzene rings is 1. The third kappa shape index (κ3) is 2.89. The summed E-state index contributed by atoms with van der Waals surface area (Å²) in [7, 11) is 0. The van der Waals surface area contributed by atoms with Crippen LogP contribution in [0.25, 0.3) is 6.08 Å². The van der Waals surface area contributed by atoms with Crippen molar-refractivity contribution in [3.8, 4) is 0 Å². The fourth-order valence-corrected chi connectivity index (χ4v) is 0.997. The minimum absolute atomic E-state index is 0.0977. The van der Waals surface area contributed by atoms with Crippen LogP contribution < -0.4 is 5.48 Å². The van der Waals surface area contributed by atoms with Crippen LogP contribution in [0.2, 0.25) is 0 Å². The second-order valence-electron chi connectivity index (χ2n) is 2.63. The van der Waals surface area contributed by atoms with Gasteiger partial charge in [-0.15, -0.1) is 0 Å². The number of hydrogen-bond donors (Lipinski definition) is 2. The molecule has 0 atom stereocenters. The molecule has 0 aromatic heterocycles.